The molecule has 3 aromatic heterocycles. The Bertz CT molecular complexity index is 660. The van der Waals surface area contributed by atoms with Gasteiger partial charge in [-0.05, 0) is 30.7 Å². The molecule has 0 aliphatic rings. The van der Waals surface area contributed by atoms with Crippen LogP contribution in [0.25, 0.3) is 22.9 Å². The molecule has 0 atom stereocenters. The van der Waals surface area contributed by atoms with Crippen LogP contribution >= 0.6 is 0 Å². The Hall–Kier alpha value is -2.56. The molecule has 3 aromatic rings. The number of pyridine rings is 2. The molecule has 0 aromatic carbocycles. The van der Waals surface area contributed by atoms with E-state index in [-0.39, 0.29) is 0 Å². The summed E-state index contributed by atoms with van der Waals surface area (Å²) in [6, 6.07) is 7.65. The van der Waals surface area contributed by atoms with Crippen molar-refractivity contribution in [3.05, 3.63) is 48.4 Å². The van der Waals surface area contributed by atoms with E-state index in [1.54, 1.807) is 18.6 Å². The van der Waals surface area contributed by atoms with Crippen molar-refractivity contribution in [1.82, 2.24) is 25.1 Å². The maximum Gasteiger partial charge on any atom is 0.181 e. The van der Waals surface area contributed by atoms with Crippen LogP contribution in [0.4, 0.5) is 0 Å². The molecule has 3 rings (SSSR count). The van der Waals surface area contributed by atoms with Crippen molar-refractivity contribution in [2.45, 2.75) is 6.92 Å². The van der Waals surface area contributed by atoms with Crippen LogP contribution in [0.5, 0.6) is 0 Å². The molecule has 1 N–H and O–H groups in total. The summed E-state index contributed by atoms with van der Waals surface area (Å²) in [6.45, 7) is 2.00. The Balaban J connectivity index is 2.03. The predicted octanol–water partition coefficient (Wildman–Crippen LogP) is 2.24. The van der Waals surface area contributed by atoms with Crippen molar-refractivity contribution in [2.75, 3.05) is 0 Å². The zero-order valence-electron chi connectivity index (χ0n) is 9.83. The van der Waals surface area contributed by atoms with Gasteiger partial charge in [0.2, 0.25) is 0 Å². The first-order valence-electron chi connectivity index (χ1n) is 5.59. The third kappa shape index (κ3) is 1.86. The number of nitrogens with zero attached hydrogens (tertiary/aromatic N) is 4. The summed E-state index contributed by atoms with van der Waals surface area (Å²) in [5, 5.41) is 7.12. The molecule has 5 heteroatoms. The molecule has 0 saturated carbocycles. The van der Waals surface area contributed by atoms with E-state index >= 15 is 0 Å². The van der Waals surface area contributed by atoms with Crippen LogP contribution in [-0.2, 0) is 0 Å². The minimum Gasteiger partial charge on any atom is -0.265 e. The summed E-state index contributed by atoms with van der Waals surface area (Å²) in [5.74, 6) is 1.33. The predicted molar refractivity (Wildman–Crippen MR) is 67.6 cm³/mol. The second kappa shape index (κ2) is 4.37. The molecule has 5 nitrogen and oxygen atoms in total. The lowest BCUT2D eigenvalue weighted by molar-refractivity contribution is 1.08. The fourth-order valence-corrected chi connectivity index (χ4v) is 1.73. The molecular weight excluding hydrogens is 226 g/mol. The van der Waals surface area contributed by atoms with Gasteiger partial charge in [0.25, 0.3) is 0 Å². The van der Waals surface area contributed by atoms with Gasteiger partial charge in [-0.1, -0.05) is 6.07 Å². The Morgan fingerprint density at radius 1 is 1.06 bits per heavy atom. The van der Waals surface area contributed by atoms with Crippen molar-refractivity contribution < 1.29 is 0 Å². The molecular formula is C13H11N5. The van der Waals surface area contributed by atoms with E-state index < -0.39 is 0 Å². The van der Waals surface area contributed by atoms with Crippen molar-refractivity contribution >= 4 is 0 Å². The van der Waals surface area contributed by atoms with Crippen LogP contribution in [0.3, 0.4) is 0 Å². The van der Waals surface area contributed by atoms with Gasteiger partial charge in [0.15, 0.2) is 11.6 Å². The first-order valence-corrected chi connectivity index (χ1v) is 5.59. The second-order valence-corrected chi connectivity index (χ2v) is 3.91. The molecule has 0 unspecified atom stereocenters. The molecule has 3 heterocycles. The lowest BCUT2D eigenvalue weighted by atomic mass is 10.2. The largest absolute Gasteiger partial charge is 0.265 e. The maximum absolute atomic E-state index is 4.45. The Kier molecular flexibility index (Phi) is 2.57. The molecule has 0 fully saturated rings. The molecule has 0 aliphatic heterocycles. The number of aromatic amines is 1. The van der Waals surface area contributed by atoms with Crippen molar-refractivity contribution in [1.29, 1.82) is 0 Å². The summed E-state index contributed by atoms with van der Waals surface area (Å²) in [5.41, 5.74) is 2.82. The first-order chi connectivity index (χ1) is 8.84. The molecule has 0 bridgehead atoms. The third-order valence-corrected chi connectivity index (χ3v) is 2.66. The van der Waals surface area contributed by atoms with Crippen molar-refractivity contribution in [2.24, 2.45) is 0 Å². The van der Waals surface area contributed by atoms with Crippen LogP contribution in [-0.4, -0.2) is 25.1 Å². The highest BCUT2D eigenvalue weighted by atomic mass is 15.2. The van der Waals surface area contributed by atoms with Gasteiger partial charge in [0, 0.05) is 24.2 Å². The summed E-state index contributed by atoms with van der Waals surface area (Å²) in [6.07, 6.45) is 5.19. The molecule has 0 saturated heterocycles. The van der Waals surface area contributed by atoms with E-state index in [1.807, 2.05) is 31.2 Å². The standard InChI is InChI=1S/C13H11N5/c1-9-3-2-6-15-11(9)13-16-12(17-18-13)10-4-7-14-8-5-10/h2-8H,1H3,(H,16,17,18). The number of aryl methyl sites for hydroxylation is 1. The van der Waals surface area contributed by atoms with E-state index in [9.17, 15) is 0 Å². The minimum atomic E-state index is 0.650. The summed E-state index contributed by atoms with van der Waals surface area (Å²) < 4.78 is 0. The molecule has 0 spiro atoms. The van der Waals surface area contributed by atoms with Gasteiger partial charge < -0.3 is 0 Å². The lowest BCUT2D eigenvalue weighted by Gasteiger charge is -1.98. The third-order valence-electron chi connectivity index (χ3n) is 2.66. The minimum absolute atomic E-state index is 0.650. The van der Waals surface area contributed by atoms with E-state index in [1.165, 1.54) is 0 Å². The normalized spacial score (nSPS) is 10.5. The highest BCUT2D eigenvalue weighted by Crippen LogP contribution is 2.19. The highest BCUT2D eigenvalue weighted by Gasteiger charge is 2.09. The van der Waals surface area contributed by atoms with Crippen molar-refractivity contribution in [3.8, 4) is 22.9 Å². The number of nitrogens with one attached hydrogen (secondary N) is 1. The quantitative estimate of drug-likeness (QED) is 0.742. The monoisotopic (exact) mass is 237 g/mol. The lowest BCUT2D eigenvalue weighted by Crippen LogP contribution is -1.89. The van der Waals surface area contributed by atoms with Crippen LogP contribution in [0.2, 0.25) is 0 Å². The van der Waals surface area contributed by atoms with E-state index in [4.69, 9.17) is 0 Å². The number of H-pyrrole nitrogens is 1. The molecule has 0 aliphatic carbocycles. The topological polar surface area (TPSA) is 67.3 Å². The number of aromatic nitrogens is 5. The number of rotatable bonds is 2. The van der Waals surface area contributed by atoms with Crippen LogP contribution in [0.15, 0.2) is 42.9 Å². The average Bonchev–Trinajstić information content (AvgIpc) is 2.90. The first kappa shape index (κ1) is 10.6. The van der Waals surface area contributed by atoms with Gasteiger partial charge in [-0.2, -0.15) is 5.10 Å². The smallest absolute Gasteiger partial charge is 0.181 e. The molecule has 0 amide bonds. The van der Waals surface area contributed by atoms with Crippen LogP contribution < -0.4 is 0 Å². The summed E-state index contributed by atoms with van der Waals surface area (Å²) in [4.78, 5) is 12.7. The van der Waals surface area contributed by atoms with Gasteiger partial charge in [0.1, 0.15) is 5.69 Å². The van der Waals surface area contributed by atoms with Gasteiger partial charge >= 0.3 is 0 Å². The fraction of sp³-hybridized carbons (Fsp3) is 0.0769. The van der Waals surface area contributed by atoms with E-state index in [0.717, 1.165) is 16.8 Å². The van der Waals surface area contributed by atoms with Crippen LogP contribution in [0.1, 0.15) is 5.56 Å². The van der Waals surface area contributed by atoms with Crippen LogP contribution in [0, 0.1) is 6.92 Å². The van der Waals surface area contributed by atoms with Gasteiger partial charge in [0.05, 0.1) is 0 Å². The van der Waals surface area contributed by atoms with Gasteiger partial charge in [-0.25, -0.2) is 4.98 Å². The summed E-state index contributed by atoms with van der Waals surface area (Å²) in [7, 11) is 0. The van der Waals surface area contributed by atoms with E-state index in [0.29, 0.717) is 11.6 Å². The Labute approximate surface area is 104 Å². The average molecular weight is 237 g/mol. The molecule has 0 radical (unpaired) electrons. The van der Waals surface area contributed by atoms with Gasteiger partial charge in [-0.3, -0.25) is 15.1 Å². The second-order valence-electron chi connectivity index (χ2n) is 3.91. The zero-order valence-corrected chi connectivity index (χ0v) is 9.83. The molecule has 18 heavy (non-hydrogen) atoms. The van der Waals surface area contributed by atoms with Gasteiger partial charge in [-0.15, -0.1) is 0 Å². The van der Waals surface area contributed by atoms with E-state index in [2.05, 4.69) is 25.1 Å². The highest BCUT2D eigenvalue weighted by molar-refractivity contribution is 5.60. The maximum atomic E-state index is 4.45. The summed E-state index contributed by atoms with van der Waals surface area (Å²) >= 11 is 0. The zero-order chi connectivity index (χ0) is 12.4. The van der Waals surface area contributed by atoms with Crippen molar-refractivity contribution in [3.63, 3.8) is 0 Å². The Morgan fingerprint density at radius 3 is 2.67 bits per heavy atom. The number of hydrogen-bond acceptors (Lipinski definition) is 4. The number of hydrogen-bond donors (Lipinski definition) is 1. The fourth-order valence-electron chi connectivity index (χ4n) is 1.73. The Morgan fingerprint density at radius 2 is 1.89 bits per heavy atom. The SMILES string of the molecule is Cc1cccnc1-c1nc(-c2ccncc2)n[nH]1. The molecule has 88 valence electrons.